The van der Waals surface area contributed by atoms with Crippen molar-refractivity contribution < 1.29 is 4.79 Å². The molecule has 1 unspecified atom stereocenters. The Morgan fingerprint density at radius 3 is 3.00 bits per heavy atom. The maximum Gasteiger partial charge on any atom is 0.154 e. The second-order valence-corrected chi connectivity index (χ2v) is 3.26. The number of rotatable bonds is 2. The molecule has 0 fully saturated rings. The fourth-order valence-corrected chi connectivity index (χ4v) is 1.75. The Morgan fingerprint density at radius 2 is 2.31 bits per heavy atom. The van der Waals surface area contributed by atoms with Crippen molar-refractivity contribution in [2.45, 2.75) is 18.8 Å². The van der Waals surface area contributed by atoms with Crippen molar-refractivity contribution >= 4 is 5.78 Å². The lowest BCUT2D eigenvalue weighted by molar-refractivity contribution is -0.120. The summed E-state index contributed by atoms with van der Waals surface area (Å²) < 4.78 is 0. The second kappa shape index (κ2) is 3.02. The third-order valence-corrected chi connectivity index (χ3v) is 2.50. The van der Waals surface area contributed by atoms with Crippen LogP contribution in [0.4, 0.5) is 0 Å². The van der Waals surface area contributed by atoms with E-state index >= 15 is 0 Å². The molecule has 0 radical (unpaired) electrons. The van der Waals surface area contributed by atoms with E-state index in [9.17, 15) is 4.79 Å². The topological polar surface area (TPSA) is 40.9 Å². The molecule has 1 aromatic carbocycles. The van der Waals surface area contributed by atoms with E-state index in [-0.39, 0.29) is 18.1 Å². The van der Waals surface area contributed by atoms with Crippen LogP contribution in [0.15, 0.2) is 24.3 Å². The molecule has 1 aromatic rings. The van der Waals surface area contributed by atoms with Gasteiger partial charge < -0.3 is 0 Å². The highest BCUT2D eigenvalue weighted by Crippen LogP contribution is 2.35. The van der Waals surface area contributed by atoms with Gasteiger partial charge in [0.1, 0.15) is 0 Å². The number of nitriles is 1. The van der Waals surface area contributed by atoms with Crippen LogP contribution in [0.5, 0.6) is 0 Å². The quantitative estimate of drug-likeness (QED) is 0.680. The van der Waals surface area contributed by atoms with Crippen LogP contribution in [0.2, 0.25) is 0 Å². The van der Waals surface area contributed by atoms with Crippen LogP contribution < -0.4 is 0 Å². The standard InChI is InChI=1S/C11H9NO/c12-6-5-11(13)10-7-8-3-1-2-4-9(8)10/h1-4,10H,5,7H2. The van der Waals surface area contributed by atoms with Crippen molar-refractivity contribution in [3.05, 3.63) is 35.4 Å². The fourth-order valence-electron chi connectivity index (χ4n) is 1.75. The molecule has 13 heavy (non-hydrogen) atoms. The predicted octanol–water partition coefficient (Wildman–Crippen LogP) is 1.81. The van der Waals surface area contributed by atoms with Gasteiger partial charge in [-0.15, -0.1) is 0 Å². The smallest absolute Gasteiger partial charge is 0.154 e. The van der Waals surface area contributed by atoms with E-state index in [4.69, 9.17) is 5.26 Å². The van der Waals surface area contributed by atoms with E-state index in [0.29, 0.717) is 0 Å². The molecular weight excluding hydrogens is 162 g/mol. The molecule has 1 atom stereocenters. The van der Waals surface area contributed by atoms with Crippen LogP contribution in [-0.2, 0) is 11.2 Å². The first kappa shape index (κ1) is 8.00. The summed E-state index contributed by atoms with van der Waals surface area (Å²) in [6.45, 7) is 0. The zero-order chi connectivity index (χ0) is 9.26. The third kappa shape index (κ3) is 1.23. The van der Waals surface area contributed by atoms with Gasteiger partial charge in [-0.2, -0.15) is 5.26 Å². The number of benzene rings is 1. The highest BCUT2D eigenvalue weighted by atomic mass is 16.1. The Hall–Kier alpha value is -1.62. The molecule has 0 aliphatic heterocycles. The summed E-state index contributed by atoms with van der Waals surface area (Å²) in [6, 6.07) is 9.81. The molecule has 0 aromatic heterocycles. The van der Waals surface area contributed by atoms with Gasteiger partial charge in [0.2, 0.25) is 0 Å². The van der Waals surface area contributed by atoms with E-state index in [0.717, 1.165) is 12.0 Å². The number of Topliss-reactive ketones (excluding diaryl/α,β-unsaturated/α-hetero) is 1. The molecule has 0 amide bonds. The highest BCUT2D eigenvalue weighted by molar-refractivity contribution is 5.90. The number of carbonyl (C=O) groups is 1. The zero-order valence-corrected chi connectivity index (χ0v) is 7.16. The Labute approximate surface area is 76.8 Å². The third-order valence-electron chi connectivity index (χ3n) is 2.50. The average molecular weight is 171 g/mol. The first-order valence-electron chi connectivity index (χ1n) is 4.30. The second-order valence-electron chi connectivity index (χ2n) is 3.26. The maximum atomic E-state index is 11.4. The van der Waals surface area contributed by atoms with Crippen molar-refractivity contribution in [1.82, 2.24) is 0 Å². The first-order chi connectivity index (χ1) is 6.33. The molecule has 0 bridgehead atoms. The van der Waals surface area contributed by atoms with Crippen molar-refractivity contribution in [3.63, 3.8) is 0 Å². The van der Waals surface area contributed by atoms with Crippen molar-refractivity contribution in [2.75, 3.05) is 0 Å². The Kier molecular flexibility index (Phi) is 1.86. The lowest BCUT2D eigenvalue weighted by Gasteiger charge is -2.27. The van der Waals surface area contributed by atoms with Crippen LogP contribution in [-0.4, -0.2) is 5.78 Å². The normalized spacial score (nSPS) is 18.2. The summed E-state index contributed by atoms with van der Waals surface area (Å²) in [5.74, 6) is 0.0528. The SMILES string of the molecule is N#CCC(=O)C1Cc2ccccc21. The number of carbonyl (C=O) groups excluding carboxylic acids is 1. The molecule has 2 rings (SSSR count). The lowest BCUT2D eigenvalue weighted by atomic mass is 9.75. The minimum atomic E-state index is -0.00384. The van der Waals surface area contributed by atoms with Crippen molar-refractivity contribution in [1.29, 1.82) is 5.26 Å². The van der Waals surface area contributed by atoms with Gasteiger partial charge in [-0.25, -0.2) is 0 Å². The van der Waals surface area contributed by atoms with Gasteiger partial charge in [-0.1, -0.05) is 24.3 Å². The molecular formula is C11H9NO. The van der Waals surface area contributed by atoms with Crippen LogP contribution >= 0.6 is 0 Å². The highest BCUT2D eigenvalue weighted by Gasteiger charge is 2.30. The monoisotopic (exact) mass is 171 g/mol. The number of nitrogens with zero attached hydrogens (tertiary/aromatic N) is 1. The van der Waals surface area contributed by atoms with Crippen LogP contribution in [0.3, 0.4) is 0 Å². The summed E-state index contributed by atoms with van der Waals surface area (Å²) in [7, 11) is 0. The largest absolute Gasteiger partial charge is 0.298 e. The summed E-state index contributed by atoms with van der Waals surface area (Å²) >= 11 is 0. The summed E-state index contributed by atoms with van der Waals surface area (Å²) in [5.41, 5.74) is 2.36. The number of hydrogen-bond donors (Lipinski definition) is 0. The lowest BCUT2D eigenvalue weighted by Crippen LogP contribution is -2.24. The van der Waals surface area contributed by atoms with Crippen LogP contribution in [0.25, 0.3) is 0 Å². The fraction of sp³-hybridized carbons (Fsp3) is 0.273. The van der Waals surface area contributed by atoms with Gasteiger partial charge in [0.25, 0.3) is 0 Å². The van der Waals surface area contributed by atoms with Crippen molar-refractivity contribution in [2.24, 2.45) is 0 Å². The molecule has 0 saturated heterocycles. The molecule has 2 heteroatoms. The molecule has 1 aliphatic rings. The minimum Gasteiger partial charge on any atom is -0.298 e. The van der Waals surface area contributed by atoms with Gasteiger partial charge >= 0.3 is 0 Å². The molecule has 0 saturated carbocycles. The van der Waals surface area contributed by atoms with Crippen molar-refractivity contribution in [3.8, 4) is 6.07 Å². The zero-order valence-electron chi connectivity index (χ0n) is 7.16. The summed E-state index contributed by atoms with van der Waals surface area (Å²) in [5, 5.41) is 8.38. The van der Waals surface area contributed by atoms with Crippen LogP contribution in [0, 0.1) is 11.3 Å². The molecule has 0 heterocycles. The average Bonchev–Trinajstić information content (AvgIpc) is 2.07. The summed E-state index contributed by atoms with van der Waals surface area (Å²) in [4.78, 5) is 11.4. The van der Waals surface area contributed by atoms with Gasteiger partial charge in [-0.3, -0.25) is 4.79 Å². The van der Waals surface area contributed by atoms with Gasteiger partial charge in [0, 0.05) is 5.92 Å². The van der Waals surface area contributed by atoms with E-state index in [1.54, 1.807) is 0 Å². The predicted molar refractivity (Wildman–Crippen MR) is 48.1 cm³/mol. The Morgan fingerprint density at radius 1 is 1.54 bits per heavy atom. The molecule has 1 aliphatic carbocycles. The first-order valence-corrected chi connectivity index (χ1v) is 4.30. The Balaban J connectivity index is 2.18. The minimum absolute atomic E-state index is 0.00384. The van der Waals surface area contributed by atoms with Crippen LogP contribution in [0.1, 0.15) is 23.5 Å². The van der Waals surface area contributed by atoms with E-state index < -0.39 is 0 Å². The van der Waals surface area contributed by atoms with E-state index in [1.807, 2.05) is 30.3 Å². The van der Waals surface area contributed by atoms with E-state index in [2.05, 4.69) is 0 Å². The molecule has 64 valence electrons. The molecule has 0 N–H and O–H groups in total. The van der Waals surface area contributed by atoms with Gasteiger partial charge in [0.15, 0.2) is 5.78 Å². The maximum absolute atomic E-state index is 11.4. The number of ketones is 1. The molecule has 2 nitrogen and oxygen atoms in total. The summed E-state index contributed by atoms with van der Waals surface area (Å²) in [6.07, 6.45) is 0.857. The van der Waals surface area contributed by atoms with Gasteiger partial charge in [0.05, 0.1) is 12.5 Å². The number of fused-ring (bicyclic) bond motifs is 1. The van der Waals surface area contributed by atoms with E-state index in [1.165, 1.54) is 5.56 Å². The molecule has 0 spiro atoms. The van der Waals surface area contributed by atoms with Gasteiger partial charge in [-0.05, 0) is 17.5 Å². The number of hydrogen-bond acceptors (Lipinski definition) is 2. The Bertz CT molecular complexity index is 389.